The molecule has 1 aromatic carbocycles. The second kappa shape index (κ2) is 6.43. The van der Waals surface area contributed by atoms with Gasteiger partial charge in [0.1, 0.15) is 5.03 Å². The minimum absolute atomic E-state index is 0.231. The summed E-state index contributed by atoms with van der Waals surface area (Å²) in [5, 5.41) is 0.808. The van der Waals surface area contributed by atoms with Gasteiger partial charge in [-0.05, 0) is 24.6 Å². The lowest BCUT2D eigenvalue weighted by Crippen LogP contribution is -1.99. The van der Waals surface area contributed by atoms with Gasteiger partial charge in [0.2, 0.25) is 0 Å². The zero-order valence-corrected chi connectivity index (χ0v) is 11.4. The van der Waals surface area contributed by atoms with Gasteiger partial charge in [0.25, 0.3) is 0 Å². The molecule has 0 unspecified atom stereocenters. The smallest absolute Gasteiger partial charge is 0.167 e. The van der Waals surface area contributed by atoms with Crippen LogP contribution in [0, 0.1) is 5.82 Å². The number of nitrogens with zero attached hydrogens (tertiary/aromatic N) is 1. The van der Waals surface area contributed by atoms with E-state index in [0.717, 1.165) is 16.3 Å². The Labute approximate surface area is 116 Å². The first-order chi connectivity index (χ1) is 9.20. The van der Waals surface area contributed by atoms with Crippen LogP contribution >= 0.6 is 11.8 Å². The highest BCUT2D eigenvalue weighted by Crippen LogP contribution is 2.35. The van der Waals surface area contributed by atoms with Crippen molar-refractivity contribution in [3.05, 3.63) is 42.3 Å². The Morgan fingerprint density at radius 3 is 2.89 bits per heavy atom. The van der Waals surface area contributed by atoms with E-state index in [1.54, 1.807) is 12.3 Å². The molecule has 0 aliphatic rings. The molecule has 0 radical (unpaired) electrons. The molecule has 19 heavy (non-hydrogen) atoms. The van der Waals surface area contributed by atoms with E-state index in [1.807, 2.05) is 25.1 Å². The lowest BCUT2D eigenvalue weighted by Gasteiger charge is -2.10. The lowest BCUT2D eigenvalue weighted by molar-refractivity contribution is 0.300. The summed E-state index contributed by atoms with van der Waals surface area (Å²) in [5.74, 6) is -0.203. The van der Waals surface area contributed by atoms with Gasteiger partial charge in [-0.1, -0.05) is 24.8 Å². The maximum Gasteiger partial charge on any atom is 0.167 e. The molecule has 3 nitrogen and oxygen atoms in total. The van der Waals surface area contributed by atoms with Crippen LogP contribution in [0.3, 0.4) is 0 Å². The fourth-order valence-corrected chi connectivity index (χ4v) is 2.31. The molecule has 1 aromatic heterocycles. The van der Waals surface area contributed by atoms with Crippen molar-refractivity contribution in [3.8, 4) is 5.75 Å². The number of nitrogens with two attached hydrogens (primary N) is 1. The van der Waals surface area contributed by atoms with Crippen LogP contribution in [0.5, 0.6) is 5.75 Å². The molecule has 0 spiro atoms. The number of benzene rings is 1. The Balaban J connectivity index is 2.24. The SMILES string of the molecule is CCCOc1cc(Sc2ccccn2)c(N)cc1F. The van der Waals surface area contributed by atoms with Crippen LogP contribution in [0.25, 0.3) is 0 Å². The molecule has 5 heteroatoms. The first-order valence-electron chi connectivity index (χ1n) is 6.01. The highest BCUT2D eigenvalue weighted by Gasteiger charge is 2.10. The molecule has 0 saturated heterocycles. The van der Waals surface area contributed by atoms with Gasteiger partial charge in [-0.15, -0.1) is 0 Å². The fraction of sp³-hybridized carbons (Fsp3) is 0.214. The first kappa shape index (κ1) is 13.7. The molecule has 0 saturated carbocycles. The molecule has 0 amide bonds. The van der Waals surface area contributed by atoms with Crippen LogP contribution < -0.4 is 10.5 Å². The van der Waals surface area contributed by atoms with Crippen LogP contribution in [0.4, 0.5) is 10.1 Å². The Kier molecular flexibility index (Phi) is 4.63. The Morgan fingerprint density at radius 2 is 2.21 bits per heavy atom. The van der Waals surface area contributed by atoms with Gasteiger partial charge in [-0.3, -0.25) is 0 Å². The van der Waals surface area contributed by atoms with E-state index in [-0.39, 0.29) is 5.75 Å². The predicted molar refractivity (Wildman–Crippen MR) is 75.0 cm³/mol. The number of hydrogen-bond acceptors (Lipinski definition) is 4. The molecule has 0 fully saturated rings. The molecular formula is C14H15FN2OS. The van der Waals surface area contributed by atoms with E-state index < -0.39 is 5.82 Å². The summed E-state index contributed by atoms with van der Waals surface area (Å²) in [7, 11) is 0. The Bertz CT molecular complexity index is 549. The molecule has 2 rings (SSSR count). The number of anilines is 1. The Morgan fingerprint density at radius 1 is 1.37 bits per heavy atom. The average Bonchev–Trinajstić information content (AvgIpc) is 2.42. The number of pyridine rings is 1. The number of hydrogen-bond donors (Lipinski definition) is 1. The number of ether oxygens (including phenoxy) is 1. The van der Waals surface area contributed by atoms with Gasteiger partial charge in [-0.2, -0.15) is 0 Å². The van der Waals surface area contributed by atoms with Gasteiger partial charge in [-0.25, -0.2) is 9.37 Å². The third kappa shape index (κ3) is 3.61. The summed E-state index contributed by atoms with van der Waals surface area (Å²) in [6.07, 6.45) is 2.53. The van der Waals surface area contributed by atoms with E-state index in [2.05, 4.69) is 4.98 Å². The minimum Gasteiger partial charge on any atom is -0.490 e. The number of rotatable bonds is 5. The van der Waals surface area contributed by atoms with Gasteiger partial charge >= 0.3 is 0 Å². The van der Waals surface area contributed by atoms with Gasteiger partial charge in [0.15, 0.2) is 11.6 Å². The summed E-state index contributed by atoms with van der Waals surface area (Å²) >= 11 is 1.39. The van der Waals surface area contributed by atoms with Gasteiger partial charge in [0, 0.05) is 22.8 Å². The van der Waals surface area contributed by atoms with E-state index in [1.165, 1.54) is 17.8 Å². The van der Waals surface area contributed by atoms with E-state index in [0.29, 0.717) is 12.3 Å². The van der Waals surface area contributed by atoms with Crippen molar-refractivity contribution in [3.63, 3.8) is 0 Å². The molecule has 0 bridgehead atoms. The van der Waals surface area contributed by atoms with Crippen LogP contribution in [0.1, 0.15) is 13.3 Å². The fourth-order valence-electron chi connectivity index (χ4n) is 1.48. The number of nitrogen functional groups attached to an aromatic ring is 1. The standard InChI is InChI=1S/C14H15FN2OS/c1-2-7-18-12-9-13(11(16)8-10(12)15)19-14-5-3-4-6-17-14/h3-6,8-9H,2,7,16H2,1H3. The average molecular weight is 278 g/mol. The third-order valence-corrected chi connectivity index (χ3v) is 3.40. The predicted octanol–water partition coefficient (Wildman–Crippen LogP) is 3.74. The van der Waals surface area contributed by atoms with E-state index >= 15 is 0 Å². The van der Waals surface area contributed by atoms with Crippen molar-refractivity contribution in [2.24, 2.45) is 0 Å². The summed E-state index contributed by atoms with van der Waals surface area (Å²) in [6, 6.07) is 8.52. The molecule has 1 heterocycles. The third-order valence-electron chi connectivity index (χ3n) is 2.38. The van der Waals surface area contributed by atoms with Crippen molar-refractivity contribution in [1.29, 1.82) is 0 Å². The topological polar surface area (TPSA) is 48.1 Å². The molecular weight excluding hydrogens is 263 g/mol. The summed E-state index contributed by atoms with van der Waals surface area (Å²) < 4.78 is 19.0. The second-order valence-electron chi connectivity index (χ2n) is 3.94. The van der Waals surface area contributed by atoms with Crippen LogP contribution in [0.15, 0.2) is 46.5 Å². The summed E-state index contributed by atoms with van der Waals surface area (Å²) in [5.41, 5.74) is 6.21. The second-order valence-corrected chi connectivity index (χ2v) is 5.00. The minimum atomic E-state index is -0.434. The largest absolute Gasteiger partial charge is 0.490 e. The number of halogens is 1. The first-order valence-corrected chi connectivity index (χ1v) is 6.83. The van der Waals surface area contributed by atoms with E-state index in [9.17, 15) is 4.39 Å². The van der Waals surface area contributed by atoms with Gasteiger partial charge < -0.3 is 10.5 Å². The summed E-state index contributed by atoms with van der Waals surface area (Å²) in [4.78, 5) is 4.94. The quantitative estimate of drug-likeness (QED) is 0.846. The monoisotopic (exact) mass is 278 g/mol. The van der Waals surface area contributed by atoms with Crippen LogP contribution in [-0.2, 0) is 0 Å². The van der Waals surface area contributed by atoms with Crippen molar-refractivity contribution in [1.82, 2.24) is 4.98 Å². The number of aromatic nitrogens is 1. The maximum absolute atomic E-state index is 13.7. The maximum atomic E-state index is 13.7. The Hall–Kier alpha value is -1.75. The van der Waals surface area contributed by atoms with Crippen LogP contribution in [-0.4, -0.2) is 11.6 Å². The van der Waals surface area contributed by atoms with Crippen LogP contribution in [0.2, 0.25) is 0 Å². The highest BCUT2D eigenvalue weighted by molar-refractivity contribution is 7.99. The molecule has 2 aromatic rings. The normalized spacial score (nSPS) is 10.4. The molecule has 100 valence electrons. The lowest BCUT2D eigenvalue weighted by atomic mass is 10.3. The van der Waals surface area contributed by atoms with E-state index in [4.69, 9.17) is 10.5 Å². The zero-order chi connectivity index (χ0) is 13.7. The molecule has 2 N–H and O–H groups in total. The molecule has 0 aliphatic heterocycles. The summed E-state index contributed by atoms with van der Waals surface area (Å²) in [6.45, 7) is 2.45. The van der Waals surface area contributed by atoms with Crippen molar-refractivity contribution in [2.45, 2.75) is 23.3 Å². The highest BCUT2D eigenvalue weighted by atomic mass is 32.2. The zero-order valence-electron chi connectivity index (χ0n) is 10.6. The van der Waals surface area contributed by atoms with Crippen molar-refractivity contribution in [2.75, 3.05) is 12.3 Å². The van der Waals surface area contributed by atoms with Gasteiger partial charge in [0.05, 0.1) is 6.61 Å². The van der Waals surface area contributed by atoms with Crippen molar-refractivity contribution >= 4 is 17.4 Å². The molecule has 0 aliphatic carbocycles. The van der Waals surface area contributed by atoms with Crippen molar-refractivity contribution < 1.29 is 9.13 Å². The molecule has 0 atom stereocenters.